The van der Waals surface area contributed by atoms with Gasteiger partial charge in [0.05, 0.1) is 26.4 Å². The van der Waals surface area contributed by atoms with E-state index in [1.54, 1.807) is 0 Å². The quantitative estimate of drug-likeness (QED) is 0.0621. The molecule has 0 atom stereocenters. The minimum atomic E-state index is -0.481. The summed E-state index contributed by atoms with van der Waals surface area (Å²) in [5, 5.41) is 86.9. The second kappa shape index (κ2) is 18.8. The molecule has 0 saturated heterocycles. The number of hydrogen-bond acceptors (Lipinski definition) is 8. The average molecular weight is 865 g/mol. The van der Waals surface area contributed by atoms with Crippen LogP contribution in [0.4, 0.5) is 0 Å². The van der Waals surface area contributed by atoms with Gasteiger partial charge >= 0.3 is 0 Å². The number of aliphatic hydroxyl groups excluding tert-OH is 4. The third-order valence-electron chi connectivity index (χ3n) is 16.0. The van der Waals surface area contributed by atoms with E-state index in [4.69, 9.17) is 0 Å². The molecule has 8 N–H and O–H groups in total. The summed E-state index contributed by atoms with van der Waals surface area (Å²) in [6, 6.07) is 16.4. The first kappa shape index (κ1) is 48.4. The van der Waals surface area contributed by atoms with Crippen LogP contribution in [0, 0.1) is 17.3 Å². The summed E-state index contributed by atoms with van der Waals surface area (Å²) in [5.74, 6) is 1.46. The molecule has 2 fully saturated rings. The fourth-order valence-electron chi connectivity index (χ4n) is 11.8. The van der Waals surface area contributed by atoms with E-state index in [-0.39, 0.29) is 78.5 Å². The lowest BCUT2D eigenvalue weighted by atomic mass is 9.52. The van der Waals surface area contributed by atoms with Gasteiger partial charge in [-0.2, -0.15) is 0 Å². The Hall–Kier alpha value is -4.08. The highest BCUT2D eigenvalue weighted by atomic mass is 16.3. The van der Waals surface area contributed by atoms with E-state index in [1.165, 1.54) is 0 Å². The van der Waals surface area contributed by atoms with E-state index in [9.17, 15) is 40.9 Å². The van der Waals surface area contributed by atoms with Gasteiger partial charge in [0.1, 0.15) is 23.0 Å². The van der Waals surface area contributed by atoms with Gasteiger partial charge in [-0.3, -0.25) is 0 Å². The predicted octanol–water partition coefficient (Wildman–Crippen LogP) is 11.7. The molecule has 8 heteroatoms. The number of aromatic hydroxyl groups is 4. The molecule has 4 aromatic carbocycles. The van der Waals surface area contributed by atoms with Crippen molar-refractivity contribution in [1.82, 2.24) is 0 Å². The van der Waals surface area contributed by atoms with E-state index in [1.807, 2.05) is 24.3 Å². The summed E-state index contributed by atoms with van der Waals surface area (Å²) in [6.07, 6.45) is 7.06. The summed E-state index contributed by atoms with van der Waals surface area (Å²) in [5.41, 5.74) is 8.42. The van der Waals surface area contributed by atoms with Crippen molar-refractivity contribution in [2.45, 2.75) is 182 Å². The molecule has 0 aliphatic heterocycles. The number of aliphatic hydroxyl groups is 4. The number of phenols is 4. The molecule has 344 valence electrons. The van der Waals surface area contributed by atoms with Crippen molar-refractivity contribution in [3.8, 4) is 23.0 Å². The van der Waals surface area contributed by atoms with E-state index >= 15 is 0 Å². The first-order chi connectivity index (χ1) is 29.7. The Morgan fingerprint density at radius 2 is 0.619 bits per heavy atom. The summed E-state index contributed by atoms with van der Waals surface area (Å²) in [6.45, 7) is 20.2. The molecule has 63 heavy (non-hydrogen) atoms. The highest BCUT2D eigenvalue weighted by Crippen LogP contribution is 2.59. The molecular weight excluding hydrogens is 789 g/mol. The Kier molecular flexibility index (Phi) is 14.4. The summed E-state index contributed by atoms with van der Waals surface area (Å²) in [4.78, 5) is 0. The van der Waals surface area contributed by atoms with E-state index in [0.29, 0.717) is 34.1 Å². The van der Waals surface area contributed by atoms with Gasteiger partial charge in [-0.25, -0.2) is 0 Å². The monoisotopic (exact) mass is 865 g/mol. The lowest BCUT2D eigenvalue weighted by Crippen LogP contribution is -2.43. The van der Waals surface area contributed by atoms with Gasteiger partial charge in [0.15, 0.2) is 0 Å². The standard InChI is InChI=1S/C55H76O8/c1-31(2)45-23-41(19-35(27-56)49(45)60)54(42-20-36(28-57)50(61)46(24-42)32(3)4)15-11-39(12-16-54)53(9,10)40-13-17-55(18-14-40,43-21-37(29-58)51(62)47(25-43)33(5)6)44-22-38(30-59)52(63)48(26-44)34(7)8/h19-26,31-34,39-40,56-63H,11-18,27-30H2,1-10H3. The van der Waals surface area contributed by atoms with Gasteiger partial charge in [0, 0.05) is 33.1 Å². The molecular formula is C55H76O8. The van der Waals surface area contributed by atoms with Crippen molar-refractivity contribution in [3.05, 3.63) is 115 Å². The van der Waals surface area contributed by atoms with E-state index < -0.39 is 10.8 Å². The highest BCUT2D eigenvalue weighted by molar-refractivity contribution is 5.56. The van der Waals surface area contributed by atoms with Crippen molar-refractivity contribution >= 4 is 0 Å². The maximum Gasteiger partial charge on any atom is 0.124 e. The number of rotatable bonds is 14. The zero-order chi connectivity index (χ0) is 46.3. The fraction of sp³-hybridized carbons (Fsp3) is 0.564. The third kappa shape index (κ3) is 8.74. The molecule has 2 saturated carbocycles. The number of hydrogen-bond donors (Lipinski definition) is 8. The molecule has 0 unspecified atom stereocenters. The van der Waals surface area contributed by atoms with Crippen LogP contribution in [-0.4, -0.2) is 40.9 Å². The minimum Gasteiger partial charge on any atom is -0.507 e. The molecule has 0 bridgehead atoms. The van der Waals surface area contributed by atoms with Crippen LogP contribution in [0.15, 0.2) is 48.5 Å². The van der Waals surface area contributed by atoms with Gasteiger partial charge in [0.25, 0.3) is 0 Å². The van der Waals surface area contributed by atoms with Crippen LogP contribution >= 0.6 is 0 Å². The molecule has 4 aromatic rings. The van der Waals surface area contributed by atoms with Crippen molar-refractivity contribution in [2.75, 3.05) is 0 Å². The summed E-state index contributed by atoms with van der Waals surface area (Å²) >= 11 is 0. The van der Waals surface area contributed by atoms with Gasteiger partial charge in [-0.1, -0.05) is 93.5 Å². The van der Waals surface area contributed by atoms with Crippen molar-refractivity contribution < 1.29 is 40.9 Å². The molecule has 0 spiro atoms. The van der Waals surface area contributed by atoms with Crippen LogP contribution in [0.25, 0.3) is 0 Å². The van der Waals surface area contributed by atoms with Crippen LogP contribution < -0.4 is 0 Å². The smallest absolute Gasteiger partial charge is 0.124 e. The second-order valence-electron chi connectivity index (χ2n) is 21.1. The maximum atomic E-state index is 11.2. The molecule has 0 heterocycles. The molecule has 6 rings (SSSR count). The van der Waals surface area contributed by atoms with Gasteiger partial charge in [-0.15, -0.1) is 0 Å². The molecule has 0 radical (unpaired) electrons. The highest BCUT2D eigenvalue weighted by Gasteiger charge is 2.49. The average Bonchev–Trinajstić information content (AvgIpc) is 3.26. The Morgan fingerprint density at radius 3 is 0.794 bits per heavy atom. The van der Waals surface area contributed by atoms with Crippen LogP contribution in [0.2, 0.25) is 0 Å². The number of benzene rings is 4. The predicted molar refractivity (Wildman–Crippen MR) is 252 cm³/mol. The lowest BCUT2D eigenvalue weighted by Gasteiger charge is -2.52. The largest absolute Gasteiger partial charge is 0.507 e. The Bertz CT molecular complexity index is 1960. The van der Waals surface area contributed by atoms with Gasteiger partial charge < -0.3 is 40.9 Å². The SMILES string of the molecule is CC(C)c1cc(C2(c3cc(CO)c(O)c(C(C)C)c3)CCC(C(C)(C)C3CCC(c4cc(CO)c(O)c(C(C)C)c4)(c4cc(CO)c(O)c(C(C)C)c4)CC3)CC2)cc(CO)c1O. The van der Waals surface area contributed by atoms with Crippen molar-refractivity contribution in [2.24, 2.45) is 17.3 Å². The Labute approximate surface area is 376 Å². The molecule has 8 nitrogen and oxygen atoms in total. The summed E-state index contributed by atoms with van der Waals surface area (Å²) in [7, 11) is 0. The molecule has 2 aliphatic carbocycles. The minimum absolute atomic E-state index is 0.0302. The molecule has 0 aromatic heterocycles. The third-order valence-corrected chi connectivity index (χ3v) is 16.0. The molecule has 2 aliphatic rings. The normalized spacial score (nSPS) is 17.4. The first-order valence-electron chi connectivity index (χ1n) is 23.6. The van der Waals surface area contributed by atoms with E-state index in [0.717, 1.165) is 95.9 Å². The van der Waals surface area contributed by atoms with Crippen LogP contribution in [0.1, 0.15) is 211 Å². The summed E-state index contributed by atoms with van der Waals surface area (Å²) < 4.78 is 0. The Balaban J connectivity index is 1.40. The van der Waals surface area contributed by atoms with Crippen LogP contribution in [0.3, 0.4) is 0 Å². The first-order valence-corrected chi connectivity index (χ1v) is 23.6. The zero-order valence-corrected chi connectivity index (χ0v) is 39.6. The van der Waals surface area contributed by atoms with E-state index in [2.05, 4.69) is 93.5 Å². The Morgan fingerprint density at radius 1 is 0.413 bits per heavy atom. The maximum absolute atomic E-state index is 11.2. The molecule has 0 amide bonds. The van der Waals surface area contributed by atoms with Crippen molar-refractivity contribution in [1.29, 1.82) is 0 Å². The lowest BCUT2D eigenvalue weighted by molar-refractivity contribution is 0.0363. The topological polar surface area (TPSA) is 162 Å². The van der Waals surface area contributed by atoms with Crippen LogP contribution in [-0.2, 0) is 37.3 Å². The fourth-order valence-corrected chi connectivity index (χ4v) is 11.8. The second-order valence-corrected chi connectivity index (χ2v) is 21.1. The van der Waals surface area contributed by atoms with Crippen molar-refractivity contribution in [3.63, 3.8) is 0 Å². The van der Waals surface area contributed by atoms with Crippen LogP contribution in [0.5, 0.6) is 23.0 Å². The zero-order valence-electron chi connectivity index (χ0n) is 39.6. The van der Waals surface area contributed by atoms with Gasteiger partial charge in [-0.05, 0) is 161 Å². The van der Waals surface area contributed by atoms with Gasteiger partial charge in [0.2, 0.25) is 0 Å².